The maximum Gasteiger partial charge on any atom is 0.295 e. The van der Waals surface area contributed by atoms with Crippen molar-refractivity contribution in [2.24, 2.45) is 0 Å². The minimum atomic E-state index is -0.774. The number of ketones is 1. The van der Waals surface area contributed by atoms with Crippen molar-refractivity contribution in [2.75, 3.05) is 46.5 Å². The number of aryl methyl sites for hydroxylation is 1. The van der Waals surface area contributed by atoms with Gasteiger partial charge in [0.2, 0.25) is 0 Å². The second-order valence-corrected chi connectivity index (χ2v) is 9.89. The fourth-order valence-electron chi connectivity index (χ4n) is 5.06. The standard InChI is InChI=1S/C32H44N2O6/c1-7-11-12-19-40-26-16-13-23(21-27(26)38-6)29-28(30(35)25-15-14-24(39-10-4)20-22(25)5)31(36)32(37)34(29)18-17-33(8-2)9-3/h13-16,20-21,29,35H,7-12,17-19H2,1-6H3. The molecule has 0 aromatic heterocycles. The van der Waals surface area contributed by atoms with Crippen LogP contribution < -0.4 is 14.2 Å². The first kappa shape index (κ1) is 31.0. The van der Waals surface area contributed by atoms with E-state index in [2.05, 4.69) is 25.7 Å². The number of benzene rings is 2. The summed E-state index contributed by atoms with van der Waals surface area (Å²) in [5, 5.41) is 11.5. The first-order valence-corrected chi connectivity index (χ1v) is 14.4. The molecule has 1 fully saturated rings. The Morgan fingerprint density at radius 1 is 0.975 bits per heavy atom. The van der Waals surface area contributed by atoms with Gasteiger partial charge in [-0.2, -0.15) is 0 Å². The Morgan fingerprint density at radius 2 is 1.73 bits per heavy atom. The zero-order valence-electron chi connectivity index (χ0n) is 24.8. The number of likely N-dealkylation sites (N-methyl/N-ethyl adjacent to an activating group) is 1. The number of Topliss-reactive ketones (excluding diaryl/α,β-unsaturated/α-hetero) is 1. The van der Waals surface area contributed by atoms with Crippen molar-refractivity contribution in [1.29, 1.82) is 0 Å². The fraction of sp³-hybridized carbons (Fsp3) is 0.500. The molecule has 2 aromatic rings. The first-order chi connectivity index (χ1) is 19.3. The molecule has 3 rings (SSSR count). The maximum absolute atomic E-state index is 13.5. The van der Waals surface area contributed by atoms with Crippen LogP contribution >= 0.6 is 0 Å². The fourth-order valence-corrected chi connectivity index (χ4v) is 5.06. The minimum absolute atomic E-state index is 0.0653. The number of ether oxygens (including phenoxy) is 3. The Bertz CT molecular complexity index is 1200. The number of amides is 1. The van der Waals surface area contributed by atoms with Gasteiger partial charge in [-0.3, -0.25) is 9.59 Å². The van der Waals surface area contributed by atoms with E-state index < -0.39 is 17.7 Å². The Hall–Kier alpha value is -3.52. The lowest BCUT2D eigenvalue weighted by Crippen LogP contribution is -2.38. The van der Waals surface area contributed by atoms with E-state index in [1.165, 1.54) is 0 Å². The van der Waals surface area contributed by atoms with Crippen LogP contribution in [0.1, 0.15) is 69.7 Å². The molecule has 1 aliphatic rings. The highest BCUT2D eigenvalue weighted by Crippen LogP contribution is 2.42. The lowest BCUT2D eigenvalue weighted by molar-refractivity contribution is -0.140. The number of likely N-dealkylation sites (tertiary alicyclic amines) is 1. The number of hydrogen-bond donors (Lipinski definition) is 1. The number of methoxy groups -OCH3 is 1. The van der Waals surface area contributed by atoms with Crippen molar-refractivity contribution in [2.45, 2.75) is 59.9 Å². The lowest BCUT2D eigenvalue weighted by Gasteiger charge is -2.28. The summed E-state index contributed by atoms with van der Waals surface area (Å²) in [7, 11) is 1.57. The second kappa shape index (κ2) is 14.7. The number of aliphatic hydroxyl groups excluding tert-OH is 1. The van der Waals surface area contributed by atoms with Gasteiger partial charge in [0.05, 0.1) is 31.9 Å². The smallest absolute Gasteiger partial charge is 0.295 e. The molecule has 8 heteroatoms. The van der Waals surface area contributed by atoms with Crippen LogP contribution in [0.5, 0.6) is 17.2 Å². The van der Waals surface area contributed by atoms with Crippen molar-refractivity contribution in [3.8, 4) is 17.2 Å². The number of nitrogens with zero attached hydrogens (tertiary/aromatic N) is 2. The molecule has 1 heterocycles. The third-order valence-corrected chi connectivity index (χ3v) is 7.36. The van der Waals surface area contributed by atoms with Gasteiger partial charge in [-0.1, -0.05) is 39.7 Å². The number of carbonyl (C=O) groups is 2. The lowest BCUT2D eigenvalue weighted by atomic mass is 9.93. The van der Waals surface area contributed by atoms with Gasteiger partial charge in [0.15, 0.2) is 11.5 Å². The summed E-state index contributed by atoms with van der Waals surface area (Å²) in [4.78, 5) is 30.7. The van der Waals surface area contributed by atoms with E-state index in [0.29, 0.717) is 54.7 Å². The molecule has 1 aliphatic heterocycles. The predicted octanol–water partition coefficient (Wildman–Crippen LogP) is 5.73. The van der Waals surface area contributed by atoms with Crippen LogP contribution in [0, 0.1) is 6.92 Å². The Kier molecular flexibility index (Phi) is 11.4. The molecular formula is C32H44N2O6. The largest absolute Gasteiger partial charge is 0.507 e. The Morgan fingerprint density at radius 3 is 2.35 bits per heavy atom. The normalized spacial score (nSPS) is 16.6. The van der Waals surface area contributed by atoms with Gasteiger partial charge in [0.1, 0.15) is 11.5 Å². The first-order valence-electron chi connectivity index (χ1n) is 14.4. The molecule has 8 nitrogen and oxygen atoms in total. The second-order valence-electron chi connectivity index (χ2n) is 9.89. The SMILES string of the molecule is CCCCCOc1ccc(C2C(=C(O)c3ccc(OCC)cc3C)C(=O)C(=O)N2CCN(CC)CC)cc1OC. The summed E-state index contributed by atoms with van der Waals surface area (Å²) in [6, 6.07) is 9.98. The Labute approximate surface area is 238 Å². The number of carbonyl (C=O) groups excluding carboxylic acids is 2. The van der Waals surface area contributed by atoms with Crippen LogP contribution in [0.15, 0.2) is 42.0 Å². The van der Waals surface area contributed by atoms with Crippen LogP contribution in [-0.4, -0.2) is 73.1 Å². The highest BCUT2D eigenvalue weighted by Gasteiger charge is 2.46. The summed E-state index contributed by atoms with van der Waals surface area (Å²) in [6.45, 7) is 13.7. The average molecular weight is 553 g/mol. The number of hydrogen-bond acceptors (Lipinski definition) is 7. The molecule has 40 heavy (non-hydrogen) atoms. The average Bonchev–Trinajstić information content (AvgIpc) is 3.21. The molecule has 0 aliphatic carbocycles. The van der Waals surface area contributed by atoms with E-state index in [9.17, 15) is 14.7 Å². The van der Waals surface area contributed by atoms with Gasteiger partial charge in [0, 0.05) is 18.7 Å². The van der Waals surface area contributed by atoms with E-state index in [0.717, 1.165) is 37.9 Å². The van der Waals surface area contributed by atoms with Gasteiger partial charge in [-0.05, 0) is 74.8 Å². The van der Waals surface area contributed by atoms with Crippen molar-refractivity contribution in [1.82, 2.24) is 9.80 Å². The maximum atomic E-state index is 13.5. The number of unbranched alkanes of at least 4 members (excludes halogenated alkanes) is 2. The van der Waals surface area contributed by atoms with Gasteiger partial charge < -0.3 is 29.1 Å². The molecule has 1 amide bonds. The van der Waals surface area contributed by atoms with Gasteiger partial charge in [-0.25, -0.2) is 0 Å². The van der Waals surface area contributed by atoms with E-state index in [1.807, 2.05) is 32.0 Å². The minimum Gasteiger partial charge on any atom is -0.507 e. The van der Waals surface area contributed by atoms with Crippen molar-refractivity contribution in [3.63, 3.8) is 0 Å². The molecule has 1 N–H and O–H groups in total. The predicted molar refractivity (Wildman–Crippen MR) is 157 cm³/mol. The zero-order chi connectivity index (χ0) is 29.2. The van der Waals surface area contributed by atoms with Crippen LogP contribution in [0.3, 0.4) is 0 Å². The molecule has 1 saturated heterocycles. The summed E-state index contributed by atoms with van der Waals surface area (Å²) >= 11 is 0. The quantitative estimate of drug-likeness (QED) is 0.131. The van der Waals surface area contributed by atoms with Crippen LogP contribution in [0.25, 0.3) is 5.76 Å². The molecule has 0 spiro atoms. The van der Waals surface area contributed by atoms with Crippen LogP contribution in [0.4, 0.5) is 0 Å². The number of aliphatic hydroxyl groups is 1. The summed E-state index contributed by atoms with van der Waals surface area (Å²) in [5.74, 6) is 0.265. The molecule has 0 saturated carbocycles. The molecule has 218 valence electrons. The number of rotatable bonds is 15. The molecule has 2 aromatic carbocycles. The van der Waals surface area contributed by atoms with E-state index in [4.69, 9.17) is 14.2 Å². The molecule has 1 unspecified atom stereocenters. The topological polar surface area (TPSA) is 88.5 Å². The van der Waals surface area contributed by atoms with E-state index in [-0.39, 0.29) is 11.3 Å². The van der Waals surface area contributed by atoms with Gasteiger partial charge in [-0.15, -0.1) is 0 Å². The van der Waals surface area contributed by atoms with Gasteiger partial charge >= 0.3 is 0 Å². The molecule has 0 radical (unpaired) electrons. The Balaban J connectivity index is 2.10. The monoisotopic (exact) mass is 552 g/mol. The van der Waals surface area contributed by atoms with Gasteiger partial charge in [0.25, 0.3) is 11.7 Å². The molecule has 1 atom stereocenters. The zero-order valence-corrected chi connectivity index (χ0v) is 24.8. The van der Waals surface area contributed by atoms with E-state index in [1.54, 1.807) is 30.2 Å². The summed E-state index contributed by atoms with van der Waals surface area (Å²) in [5.41, 5.74) is 1.96. The highest BCUT2D eigenvalue weighted by molar-refractivity contribution is 6.46. The molecular weight excluding hydrogens is 508 g/mol. The third-order valence-electron chi connectivity index (χ3n) is 7.36. The van der Waals surface area contributed by atoms with Crippen molar-refractivity contribution < 1.29 is 28.9 Å². The van der Waals surface area contributed by atoms with E-state index >= 15 is 0 Å². The summed E-state index contributed by atoms with van der Waals surface area (Å²) in [6.07, 6.45) is 3.11. The third kappa shape index (κ3) is 6.97. The molecule has 0 bridgehead atoms. The van der Waals surface area contributed by atoms with Crippen LogP contribution in [-0.2, 0) is 9.59 Å². The highest BCUT2D eigenvalue weighted by atomic mass is 16.5. The van der Waals surface area contributed by atoms with Crippen molar-refractivity contribution in [3.05, 3.63) is 58.7 Å². The summed E-state index contributed by atoms with van der Waals surface area (Å²) < 4.78 is 17.2. The van der Waals surface area contributed by atoms with Crippen molar-refractivity contribution >= 4 is 17.4 Å². The van der Waals surface area contributed by atoms with Crippen LogP contribution in [0.2, 0.25) is 0 Å².